The number of nitrogens with zero attached hydrogens (tertiary/aromatic N) is 2. The fraction of sp³-hybridized carbons (Fsp3) is 0.389. The highest BCUT2D eigenvalue weighted by Crippen LogP contribution is 2.28. The van der Waals surface area contributed by atoms with E-state index in [9.17, 15) is 4.79 Å². The van der Waals surface area contributed by atoms with Gasteiger partial charge in [0, 0.05) is 31.9 Å². The number of amides is 1. The Balaban J connectivity index is 1.53. The molecule has 1 N–H and O–H groups in total. The van der Waals surface area contributed by atoms with E-state index in [1.807, 2.05) is 41.9 Å². The molecule has 1 aromatic heterocycles. The van der Waals surface area contributed by atoms with E-state index >= 15 is 0 Å². The van der Waals surface area contributed by atoms with E-state index in [1.54, 1.807) is 0 Å². The highest BCUT2D eigenvalue weighted by molar-refractivity contribution is 5.94. The molecule has 114 valence electrons. The first-order valence-corrected chi connectivity index (χ1v) is 7.97. The first-order chi connectivity index (χ1) is 10.7. The quantitative estimate of drug-likeness (QED) is 0.942. The molecule has 22 heavy (non-hydrogen) atoms. The molecule has 2 aliphatic heterocycles. The number of carbonyl (C=O) groups excluding carboxylic acids is 1. The van der Waals surface area contributed by atoms with Crippen molar-refractivity contribution in [2.24, 2.45) is 13.0 Å². The lowest BCUT2D eigenvalue weighted by atomic mass is 10.00. The number of hydrogen-bond donors (Lipinski definition) is 1. The largest absolute Gasteiger partial charge is 0.346 e. The minimum atomic E-state index is 0.0448. The summed E-state index contributed by atoms with van der Waals surface area (Å²) in [4.78, 5) is 15.0. The normalized spacial score (nSPS) is 26.3. The van der Waals surface area contributed by atoms with Crippen molar-refractivity contribution in [1.82, 2.24) is 14.8 Å². The predicted molar refractivity (Wildman–Crippen MR) is 86.7 cm³/mol. The molecule has 2 bridgehead atoms. The van der Waals surface area contributed by atoms with E-state index in [2.05, 4.69) is 22.3 Å². The monoisotopic (exact) mass is 295 g/mol. The van der Waals surface area contributed by atoms with Crippen LogP contribution in [0.15, 0.2) is 42.5 Å². The number of nitrogens with one attached hydrogen (secondary N) is 1. The zero-order valence-electron chi connectivity index (χ0n) is 12.8. The van der Waals surface area contributed by atoms with Gasteiger partial charge in [-0.25, -0.2) is 0 Å². The molecule has 4 heteroatoms. The van der Waals surface area contributed by atoms with Crippen LogP contribution in [0.4, 0.5) is 0 Å². The van der Waals surface area contributed by atoms with Gasteiger partial charge in [0.2, 0.25) is 0 Å². The van der Waals surface area contributed by atoms with Crippen LogP contribution in [0.3, 0.4) is 0 Å². The van der Waals surface area contributed by atoms with Crippen molar-refractivity contribution in [3.63, 3.8) is 0 Å². The average Bonchev–Trinajstić information content (AvgIpc) is 3.23. The summed E-state index contributed by atoms with van der Waals surface area (Å²) in [6, 6.07) is 14.4. The van der Waals surface area contributed by atoms with Crippen molar-refractivity contribution in [3.05, 3.63) is 48.2 Å². The fourth-order valence-corrected chi connectivity index (χ4v) is 3.83. The van der Waals surface area contributed by atoms with Crippen molar-refractivity contribution in [2.45, 2.75) is 12.5 Å². The molecule has 3 heterocycles. The zero-order chi connectivity index (χ0) is 15.1. The maximum atomic E-state index is 12.6. The molecular formula is C18H21N3O. The molecule has 2 fully saturated rings. The van der Waals surface area contributed by atoms with E-state index in [1.165, 1.54) is 13.0 Å². The predicted octanol–water partition coefficient (Wildman–Crippen LogP) is 2.13. The molecule has 3 atom stereocenters. The van der Waals surface area contributed by atoms with E-state index in [0.717, 1.165) is 30.0 Å². The molecule has 0 saturated carbocycles. The van der Waals surface area contributed by atoms with Crippen LogP contribution in [0.5, 0.6) is 0 Å². The number of rotatable bonds is 3. The lowest BCUT2D eigenvalue weighted by molar-refractivity contribution is 0.0916. The van der Waals surface area contributed by atoms with Gasteiger partial charge in [-0.1, -0.05) is 30.3 Å². The van der Waals surface area contributed by atoms with Crippen LogP contribution in [0, 0.1) is 5.92 Å². The molecule has 2 aromatic rings. The number of carbonyl (C=O) groups is 1. The van der Waals surface area contributed by atoms with Gasteiger partial charge in [-0.15, -0.1) is 0 Å². The van der Waals surface area contributed by atoms with Gasteiger partial charge in [0.15, 0.2) is 0 Å². The third-order valence-electron chi connectivity index (χ3n) is 5.07. The van der Waals surface area contributed by atoms with Gasteiger partial charge >= 0.3 is 0 Å². The maximum Gasteiger partial charge on any atom is 0.268 e. The number of fused-ring (bicyclic) bond motifs is 2. The van der Waals surface area contributed by atoms with E-state index in [4.69, 9.17) is 0 Å². The van der Waals surface area contributed by atoms with E-state index in [-0.39, 0.29) is 5.91 Å². The van der Waals surface area contributed by atoms with Gasteiger partial charge in [0.05, 0.1) is 0 Å². The van der Waals surface area contributed by atoms with Crippen molar-refractivity contribution >= 4 is 5.91 Å². The second kappa shape index (κ2) is 5.29. The topological polar surface area (TPSA) is 37.3 Å². The molecule has 0 spiro atoms. The third kappa shape index (κ3) is 2.24. The summed E-state index contributed by atoms with van der Waals surface area (Å²) in [6.07, 6.45) is 1.22. The third-order valence-corrected chi connectivity index (χ3v) is 5.07. The summed E-state index contributed by atoms with van der Waals surface area (Å²) < 4.78 is 1.98. The van der Waals surface area contributed by atoms with Gasteiger partial charge in [-0.05, 0) is 36.6 Å². The molecule has 4 rings (SSSR count). The Morgan fingerprint density at radius 3 is 2.64 bits per heavy atom. The van der Waals surface area contributed by atoms with Gasteiger partial charge < -0.3 is 14.8 Å². The van der Waals surface area contributed by atoms with Crippen molar-refractivity contribution in [2.75, 3.05) is 19.6 Å². The number of hydrogen-bond acceptors (Lipinski definition) is 2. The van der Waals surface area contributed by atoms with Crippen LogP contribution < -0.4 is 5.32 Å². The summed E-state index contributed by atoms with van der Waals surface area (Å²) >= 11 is 0. The van der Waals surface area contributed by atoms with Crippen LogP contribution in [-0.4, -0.2) is 41.1 Å². The Bertz CT molecular complexity index is 692. The molecule has 3 unspecified atom stereocenters. The Kier molecular flexibility index (Phi) is 3.26. The Hall–Kier alpha value is -2.07. The molecule has 4 nitrogen and oxygen atoms in total. The molecule has 1 aromatic carbocycles. The van der Waals surface area contributed by atoms with Gasteiger partial charge in [0.25, 0.3) is 5.91 Å². The number of benzene rings is 1. The minimum Gasteiger partial charge on any atom is -0.346 e. The minimum absolute atomic E-state index is 0.0448. The van der Waals surface area contributed by atoms with Crippen LogP contribution >= 0.6 is 0 Å². The first-order valence-electron chi connectivity index (χ1n) is 7.97. The van der Waals surface area contributed by atoms with Crippen molar-refractivity contribution < 1.29 is 4.79 Å². The molecule has 2 saturated heterocycles. The summed E-state index contributed by atoms with van der Waals surface area (Å²) in [6.45, 7) is 3.35. The molecular weight excluding hydrogens is 274 g/mol. The van der Waals surface area contributed by atoms with E-state index < -0.39 is 0 Å². The van der Waals surface area contributed by atoms with Crippen LogP contribution in [0.2, 0.25) is 0 Å². The second-order valence-electron chi connectivity index (χ2n) is 6.42. The van der Waals surface area contributed by atoms with Gasteiger partial charge in [-0.2, -0.15) is 0 Å². The smallest absolute Gasteiger partial charge is 0.268 e. The van der Waals surface area contributed by atoms with Crippen LogP contribution in [0.1, 0.15) is 16.9 Å². The highest BCUT2D eigenvalue weighted by atomic mass is 16.2. The Morgan fingerprint density at radius 2 is 1.95 bits per heavy atom. The fourth-order valence-electron chi connectivity index (χ4n) is 3.83. The molecule has 2 aliphatic rings. The standard InChI is InChI=1S/C18H21N3O/c1-20-16(13-5-3-2-4-6-13)7-8-17(20)18(22)19-15-12-21-10-9-14(15)11-21/h2-8,14-15H,9-12H2,1H3,(H,19,22). The van der Waals surface area contributed by atoms with Crippen molar-refractivity contribution in [3.8, 4) is 11.3 Å². The van der Waals surface area contributed by atoms with Crippen LogP contribution in [0.25, 0.3) is 11.3 Å². The lowest BCUT2D eigenvalue weighted by Crippen LogP contribution is -2.43. The summed E-state index contributed by atoms with van der Waals surface area (Å²) in [5.41, 5.74) is 2.94. The van der Waals surface area contributed by atoms with E-state index in [0.29, 0.717) is 12.0 Å². The number of piperidine rings is 1. The number of aromatic nitrogens is 1. The maximum absolute atomic E-state index is 12.6. The highest BCUT2D eigenvalue weighted by Gasteiger charge is 2.38. The molecule has 0 aliphatic carbocycles. The van der Waals surface area contributed by atoms with Gasteiger partial charge in [-0.3, -0.25) is 4.79 Å². The second-order valence-corrected chi connectivity index (χ2v) is 6.42. The molecule has 0 radical (unpaired) electrons. The van der Waals surface area contributed by atoms with Gasteiger partial charge in [0.1, 0.15) is 5.69 Å². The summed E-state index contributed by atoms with van der Waals surface area (Å²) in [7, 11) is 1.96. The van der Waals surface area contributed by atoms with Crippen LogP contribution in [-0.2, 0) is 7.05 Å². The Morgan fingerprint density at radius 1 is 1.14 bits per heavy atom. The zero-order valence-corrected chi connectivity index (χ0v) is 12.8. The Labute approximate surface area is 130 Å². The summed E-state index contributed by atoms with van der Waals surface area (Å²) in [5, 5.41) is 3.23. The summed E-state index contributed by atoms with van der Waals surface area (Å²) in [5.74, 6) is 0.682. The lowest BCUT2D eigenvalue weighted by Gasteiger charge is -2.23. The molecule has 1 amide bonds. The van der Waals surface area contributed by atoms with Crippen molar-refractivity contribution in [1.29, 1.82) is 0 Å². The average molecular weight is 295 g/mol. The first kappa shape index (κ1) is 13.6. The SMILES string of the molecule is Cn1c(C(=O)NC2CN3CCC2C3)ccc1-c1ccccc1.